The quantitative estimate of drug-likeness (QED) is 0.484. The molecule has 1 amide bonds. The van der Waals surface area contributed by atoms with Crippen molar-refractivity contribution in [3.05, 3.63) is 81.9 Å². The third-order valence-corrected chi connectivity index (χ3v) is 6.53. The molecule has 0 bridgehead atoms. The summed E-state index contributed by atoms with van der Waals surface area (Å²) in [5.41, 5.74) is -0.693. The molecule has 1 heterocycles. The molecule has 0 aromatic heterocycles. The summed E-state index contributed by atoms with van der Waals surface area (Å²) < 4.78 is 10.1. The van der Waals surface area contributed by atoms with Crippen LogP contribution in [0.5, 0.6) is 0 Å². The Kier molecular flexibility index (Phi) is 6.11. The number of rotatable bonds is 5. The number of carbonyl (C=O) groups is 4. The number of benzene rings is 2. The van der Waals surface area contributed by atoms with Gasteiger partial charge in [0.1, 0.15) is 11.1 Å². The zero-order valence-electron chi connectivity index (χ0n) is 20.6. The number of hydrogen-bond acceptors (Lipinski definition) is 7. The van der Waals surface area contributed by atoms with Gasteiger partial charge < -0.3 is 9.47 Å². The Hall–Kier alpha value is -3.78. The number of hydrogen-bond donors (Lipinski definition) is 0. The number of nitrogens with zero attached hydrogens (tertiary/aromatic N) is 2. The van der Waals surface area contributed by atoms with E-state index in [4.69, 9.17) is 9.47 Å². The number of hydrazine groups is 1. The number of fused-ring (bicyclic) bond motifs is 4. The fourth-order valence-corrected chi connectivity index (χ4v) is 5.41. The first-order chi connectivity index (χ1) is 16.6. The average molecular weight is 477 g/mol. The molecule has 182 valence electrons. The van der Waals surface area contributed by atoms with E-state index in [0.29, 0.717) is 22.3 Å². The monoisotopic (exact) mass is 476 g/mol. The second-order valence-corrected chi connectivity index (χ2v) is 9.05. The van der Waals surface area contributed by atoms with E-state index in [-0.39, 0.29) is 23.4 Å². The van der Waals surface area contributed by atoms with Gasteiger partial charge in [-0.3, -0.25) is 14.6 Å². The van der Waals surface area contributed by atoms with Crippen LogP contribution in [0.4, 0.5) is 0 Å². The Morgan fingerprint density at radius 1 is 0.800 bits per heavy atom. The first-order valence-corrected chi connectivity index (χ1v) is 11.4. The lowest BCUT2D eigenvalue weighted by Gasteiger charge is -2.51. The van der Waals surface area contributed by atoms with Crippen LogP contribution in [0, 0.1) is 0 Å². The van der Waals surface area contributed by atoms with Crippen LogP contribution in [0.2, 0.25) is 0 Å². The van der Waals surface area contributed by atoms with Gasteiger partial charge in [-0.15, -0.1) is 0 Å². The second-order valence-electron chi connectivity index (χ2n) is 9.05. The fourth-order valence-electron chi connectivity index (χ4n) is 5.41. The third-order valence-electron chi connectivity index (χ3n) is 6.53. The summed E-state index contributed by atoms with van der Waals surface area (Å²) in [5.74, 6) is -2.73. The zero-order valence-corrected chi connectivity index (χ0v) is 20.6. The Morgan fingerprint density at radius 3 is 1.69 bits per heavy atom. The van der Waals surface area contributed by atoms with E-state index in [1.54, 1.807) is 48.5 Å². The lowest BCUT2D eigenvalue weighted by atomic mass is 9.68. The van der Waals surface area contributed by atoms with Gasteiger partial charge in [0.2, 0.25) is 0 Å². The van der Waals surface area contributed by atoms with Gasteiger partial charge in [-0.05, 0) is 38.8 Å². The van der Waals surface area contributed by atoms with E-state index in [1.165, 1.54) is 12.1 Å². The standard InChI is InChI=1S/C27H28N2O6/c1-15(2)28(16(3)4)29-24(31)21(25(32)34-5)22(26(33)35-6)27(29)19-13-9-7-11-17(19)23(30)18-12-8-10-14-20(18)27/h7-16H,1-6H3. The molecule has 0 saturated heterocycles. The van der Waals surface area contributed by atoms with Crippen molar-refractivity contribution in [2.24, 2.45) is 0 Å². The molecule has 2 aromatic carbocycles. The molecular weight excluding hydrogens is 448 g/mol. The zero-order chi connectivity index (χ0) is 25.7. The maximum absolute atomic E-state index is 14.2. The van der Waals surface area contributed by atoms with Crippen molar-refractivity contribution in [3.63, 3.8) is 0 Å². The van der Waals surface area contributed by atoms with Gasteiger partial charge >= 0.3 is 11.9 Å². The molecule has 0 radical (unpaired) electrons. The van der Waals surface area contributed by atoms with E-state index in [1.807, 2.05) is 32.7 Å². The van der Waals surface area contributed by atoms with E-state index in [9.17, 15) is 19.2 Å². The van der Waals surface area contributed by atoms with Crippen LogP contribution in [0.25, 0.3) is 0 Å². The van der Waals surface area contributed by atoms with E-state index in [0.717, 1.165) is 7.11 Å². The normalized spacial score (nSPS) is 16.3. The molecule has 0 saturated carbocycles. The summed E-state index contributed by atoms with van der Waals surface area (Å²) in [5, 5.41) is 3.27. The van der Waals surface area contributed by atoms with Gasteiger partial charge in [0, 0.05) is 23.2 Å². The molecule has 8 heteroatoms. The lowest BCUT2D eigenvalue weighted by Crippen LogP contribution is -2.62. The Labute approximate surface area is 204 Å². The molecule has 0 N–H and O–H groups in total. The minimum absolute atomic E-state index is 0.171. The highest BCUT2D eigenvalue weighted by Gasteiger charge is 2.64. The van der Waals surface area contributed by atoms with E-state index >= 15 is 0 Å². The summed E-state index contributed by atoms with van der Waals surface area (Å²) in [7, 11) is 2.35. The molecule has 8 nitrogen and oxygen atoms in total. The van der Waals surface area contributed by atoms with Crippen molar-refractivity contribution in [1.82, 2.24) is 10.0 Å². The van der Waals surface area contributed by atoms with Crippen molar-refractivity contribution in [3.8, 4) is 0 Å². The first kappa shape index (κ1) is 24.3. The third kappa shape index (κ3) is 3.24. The van der Waals surface area contributed by atoms with Crippen molar-refractivity contribution >= 4 is 23.6 Å². The Bertz CT molecular complexity index is 1220. The van der Waals surface area contributed by atoms with Crippen molar-refractivity contribution in [2.75, 3.05) is 14.2 Å². The van der Waals surface area contributed by atoms with Crippen LogP contribution in [0.15, 0.2) is 59.7 Å². The molecule has 2 aromatic rings. The maximum Gasteiger partial charge on any atom is 0.344 e. The minimum Gasteiger partial charge on any atom is -0.466 e. The van der Waals surface area contributed by atoms with E-state index in [2.05, 4.69) is 0 Å². The van der Waals surface area contributed by atoms with E-state index < -0.39 is 29.0 Å². The number of methoxy groups -OCH3 is 2. The lowest BCUT2D eigenvalue weighted by molar-refractivity contribution is -0.165. The predicted octanol–water partition coefficient (Wildman–Crippen LogP) is 2.99. The average Bonchev–Trinajstić information content (AvgIpc) is 3.11. The Balaban J connectivity index is 2.28. The number of carbonyl (C=O) groups excluding carboxylic acids is 4. The highest BCUT2D eigenvalue weighted by molar-refractivity contribution is 6.26. The van der Waals surface area contributed by atoms with Gasteiger partial charge in [0.05, 0.1) is 19.8 Å². The van der Waals surface area contributed by atoms with Gasteiger partial charge in [-0.1, -0.05) is 48.5 Å². The van der Waals surface area contributed by atoms with Gasteiger partial charge in [-0.2, -0.15) is 0 Å². The molecule has 35 heavy (non-hydrogen) atoms. The van der Waals surface area contributed by atoms with Crippen LogP contribution in [-0.4, -0.2) is 60.0 Å². The van der Waals surface area contributed by atoms with Crippen LogP contribution in [-0.2, 0) is 29.4 Å². The molecule has 4 rings (SSSR count). The van der Waals surface area contributed by atoms with Crippen LogP contribution < -0.4 is 0 Å². The van der Waals surface area contributed by atoms with Crippen molar-refractivity contribution in [2.45, 2.75) is 45.3 Å². The summed E-state index contributed by atoms with van der Waals surface area (Å²) in [6.07, 6.45) is 0. The minimum atomic E-state index is -1.62. The fraction of sp³-hybridized carbons (Fsp3) is 0.333. The Morgan fingerprint density at radius 2 is 1.26 bits per heavy atom. The highest BCUT2D eigenvalue weighted by atomic mass is 16.5. The first-order valence-electron chi connectivity index (χ1n) is 11.4. The number of amides is 1. The SMILES string of the molecule is COC(=O)C1=C(C(=O)OC)C2(c3ccccc3C(=O)c3ccccc32)N(N(C(C)C)C(C)C)C1=O. The smallest absolute Gasteiger partial charge is 0.344 e. The molecule has 0 fully saturated rings. The summed E-state index contributed by atoms with van der Waals surface area (Å²) in [4.78, 5) is 54.3. The highest BCUT2D eigenvalue weighted by Crippen LogP contribution is 2.55. The molecular formula is C27H28N2O6. The molecule has 0 atom stereocenters. The van der Waals surface area contributed by atoms with Gasteiger partial charge in [0.25, 0.3) is 5.91 Å². The summed E-state index contributed by atoms with van der Waals surface area (Å²) in [6.45, 7) is 7.67. The second kappa shape index (κ2) is 8.78. The summed E-state index contributed by atoms with van der Waals surface area (Å²) >= 11 is 0. The number of ketones is 1. The van der Waals surface area contributed by atoms with Gasteiger partial charge in [0.15, 0.2) is 5.78 Å². The van der Waals surface area contributed by atoms with Gasteiger partial charge in [-0.25, -0.2) is 14.6 Å². The molecule has 1 aliphatic heterocycles. The molecule has 2 aliphatic rings. The van der Waals surface area contributed by atoms with Crippen molar-refractivity contribution in [1.29, 1.82) is 0 Å². The van der Waals surface area contributed by atoms with Crippen LogP contribution in [0.3, 0.4) is 0 Å². The van der Waals surface area contributed by atoms with Crippen molar-refractivity contribution < 1.29 is 28.7 Å². The molecule has 0 unspecified atom stereocenters. The molecule has 1 spiro atoms. The summed E-state index contributed by atoms with van der Waals surface area (Å²) in [6, 6.07) is 13.3. The topological polar surface area (TPSA) is 93.2 Å². The van der Waals surface area contributed by atoms with Crippen LogP contribution >= 0.6 is 0 Å². The molecule has 1 aliphatic carbocycles. The van der Waals surface area contributed by atoms with Crippen LogP contribution in [0.1, 0.15) is 54.7 Å². The predicted molar refractivity (Wildman–Crippen MR) is 127 cm³/mol. The number of esters is 2. The number of ether oxygens (including phenoxy) is 2. The largest absolute Gasteiger partial charge is 0.466 e. The maximum atomic E-state index is 14.2.